The Hall–Kier alpha value is -1.01. The highest BCUT2D eigenvalue weighted by Crippen LogP contribution is 2.22. The second-order valence-electron chi connectivity index (χ2n) is 7.71. The van der Waals surface area contributed by atoms with Crippen molar-refractivity contribution in [2.24, 2.45) is 11.8 Å². The molecule has 0 aromatic heterocycles. The van der Waals surface area contributed by atoms with E-state index < -0.39 is 0 Å². The van der Waals surface area contributed by atoms with Crippen molar-refractivity contribution in [1.29, 1.82) is 0 Å². The van der Waals surface area contributed by atoms with Crippen molar-refractivity contribution in [2.45, 2.75) is 52.0 Å². The van der Waals surface area contributed by atoms with Gasteiger partial charge in [0.2, 0.25) is 5.91 Å². The largest absolute Gasteiger partial charge is 0.341 e. The van der Waals surface area contributed by atoms with Crippen molar-refractivity contribution in [2.75, 3.05) is 39.8 Å². The average molecular weight is 375 g/mol. The van der Waals surface area contributed by atoms with E-state index in [1.165, 1.54) is 0 Å². The number of rotatable bonds is 5. The minimum atomic E-state index is 0. The third kappa shape index (κ3) is 7.02. The van der Waals surface area contributed by atoms with Gasteiger partial charge in [-0.2, -0.15) is 0 Å². The normalized spacial score (nSPS) is 24.0. The molecule has 146 valence electrons. The molecule has 2 heterocycles. The first kappa shape index (κ1) is 22.0. The lowest BCUT2D eigenvalue weighted by atomic mass is 9.93. The molecule has 25 heavy (non-hydrogen) atoms. The number of hydrogen-bond acceptors (Lipinski definition) is 3. The van der Waals surface area contributed by atoms with Crippen LogP contribution in [0.1, 0.15) is 46.0 Å². The van der Waals surface area contributed by atoms with E-state index >= 15 is 0 Å². The van der Waals surface area contributed by atoms with Gasteiger partial charge in [-0.25, -0.2) is 4.79 Å². The molecular formula is C18H35ClN4O2. The van der Waals surface area contributed by atoms with Crippen LogP contribution in [-0.2, 0) is 4.79 Å². The van der Waals surface area contributed by atoms with E-state index in [0.29, 0.717) is 37.4 Å². The summed E-state index contributed by atoms with van der Waals surface area (Å²) in [5.41, 5.74) is 0. The highest BCUT2D eigenvalue weighted by Gasteiger charge is 2.28. The van der Waals surface area contributed by atoms with Crippen LogP contribution in [0.15, 0.2) is 0 Å². The fourth-order valence-corrected chi connectivity index (χ4v) is 3.63. The summed E-state index contributed by atoms with van der Waals surface area (Å²) < 4.78 is 0. The van der Waals surface area contributed by atoms with Gasteiger partial charge in [0.15, 0.2) is 0 Å². The van der Waals surface area contributed by atoms with Gasteiger partial charge in [-0.15, -0.1) is 12.4 Å². The Bertz CT molecular complexity index is 433. The lowest BCUT2D eigenvalue weighted by molar-refractivity contribution is -0.133. The number of amides is 3. The molecule has 3 amide bonds. The second-order valence-corrected chi connectivity index (χ2v) is 7.71. The molecule has 6 nitrogen and oxygen atoms in total. The van der Waals surface area contributed by atoms with Crippen LogP contribution in [0.2, 0.25) is 0 Å². The van der Waals surface area contributed by atoms with E-state index in [9.17, 15) is 9.59 Å². The predicted octanol–water partition coefficient (Wildman–Crippen LogP) is 2.09. The Balaban J connectivity index is 0.00000312. The molecule has 2 atom stereocenters. The van der Waals surface area contributed by atoms with Crippen LogP contribution in [0.5, 0.6) is 0 Å². The zero-order valence-electron chi connectivity index (χ0n) is 15.9. The van der Waals surface area contributed by atoms with Gasteiger partial charge in [0.25, 0.3) is 0 Å². The Labute approximate surface area is 158 Å². The molecule has 2 aliphatic heterocycles. The first-order chi connectivity index (χ1) is 11.5. The minimum absolute atomic E-state index is 0. The minimum Gasteiger partial charge on any atom is -0.341 e. The smallest absolute Gasteiger partial charge is 0.317 e. The third-order valence-corrected chi connectivity index (χ3v) is 5.11. The lowest BCUT2D eigenvalue weighted by Crippen LogP contribution is -2.49. The fourth-order valence-electron chi connectivity index (χ4n) is 3.63. The molecule has 2 fully saturated rings. The third-order valence-electron chi connectivity index (χ3n) is 5.11. The number of carbonyl (C=O) groups excluding carboxylic acids is 2. The summed E-state index contributed by atoms with van der Waals surface area (Å²) in [6, 6.07) is 0.446. The van der Waals surface area contributed by atoms with E-state index in [4.69, 9.17) is 0 Å². The van der Waals surface area contributed by atoms with Crippen LogP contribution in [0, 0.1) is 11.8 Å². The molecule has 7 heteroatoms. The molecule has 0 saturated carbocycles. The highest BCUT2D eigenvalue weighted by molar-refractivity contribution is 5.85. The maximum Gasteiger partial charge on any atom is 0.317 e. The molecule has 2 N–H and O–H groups in total. The van der Waals surface area contributed by atoms with Gasteiger partial charge in [-0.3, -0.25) is 4.79 Å². The quantitative estimate of drug-likeness (QED) is 0.774. The van der Waals surface area contributed by atoms with Gasteiger partial charge in [0.05, 0.1) is 0 Å². The molecule has 0 bridgehead atoms. The number of nitrogens with zero attached hydrogens (tertiary/aromatic N) is 2. The standard InChI is InChI=1S/C18H34N4O2.ClH/c1-14(2)11-20-18(24)22-9-4-6-15(12-22)10-17(23)21-8-5-7-16(13-21)19-3;/h14-16,19H,4-13H2,1-3H3,(H,20,24);1H. The molecule has 0 spiro atoms. The Morgan fingerprint density at radius 2 is 1.76 bits per heavy atom. The maximum atomic E-state index is 12.6. The number of carbonyl (C=O) groups is 2. The number of likely N-dealkylation sites (N-methyl/N-ethyl adjacent to an activating group) is 1. The number of urea groups is 1. The second kappa shape index (κ2) is 10.9. The van der Waals surface area contributed by atoms with Gasteiger partial charge in [-0.1, -0.05) is 13.8 Å². The first-order valence-electron chi connectivity index (χ1n) is 9.47. The van der Waals surface area contributed by atoms with Gasteiger partial charge in [0, 0.05) is 45.2 Å². The van der Waals surface area contributed by atoms with Crippen LogP contribution in [0.25, 0.3) is 0 Å². The fraction of sp³-hybridized carbons (Fsp3) is 0.889. The first-order valence-corrected chi connectivity index (χ1v) is 9.47. The molecule has 2 aliphatic rings. The molecule has 0 aliphatic carbocycles. The molecule has 0 aromatic carbocycles. The van der Waals surface area contributed by atoms with E-state index in [-0.39, 0.29) is 24.3 Å². The monoisotopic (exact) mass is 374 g/mol. The van der Waals surface area contributed by atoms with Gasteiger partial charge in [-0.05, 0) is 44.6 Å². The van der Waals surface area contributed by atoms with Crippen molar-refractivity contribution in [3.05, 3.63) is 0 Å². The SMILES string of the molecule is CNC1CCCN(C(=O)CC2CCCN(C(=O)NCC(C)C)C2)C1.Cl. The summed E-state index contributed by atoms with van der Waals surface area (Å²) >= 11 is 0. The van der Waals surface area contributed by atoms with Gasteiger partial charge < -0.3 is 20.4 Å². The average Bonchev–Trinajstić information content (AvgIpc) is 2.59. The van der Waals surface area contributed by atoms with E-state index in [0.717, 1.165) is 45.3 Å². The van der Waals surface area contributed by atoms with E-state index in [1.54, 1.807) is 0 Å². The van der Waals surface area contributed by atoms with Crippen molar-refractivity contribution in [3.8, 4) is 0 Å². The summed E-state index contributed by atoms with van der Waals surface area (Å²) in [5, 5.41) is 6.27. The zero-order valence-corrected chi connectivity index (χ0v) is 16.7. The van der Waals surface area contributed by atoms with Crippen molar-refractivity contribution in [3.63, 3.8) is 0 Å². The number of likely N-dealkylation sites (tertiary alicyclic amines) is 2. The molecule has 2 unspecified atom stereocenters. The Morgan fingerprint density at radius 3 is 2.44 bits per heavy atom. The number of halogens is 1. The Morgan fingerprint density at radius 1 is 1.08 bits per heavy atom. The van der Waals surface area contributed by atoms with Crippen molar-refractivity contribution >= 4 is 24.3 Å². The molecule has 0 radical (unpaired) electrons. The van der Waals surface area contributed by atoms with Gasteiger partial charge >= 0.3 is 6.03 Å². The topological polar surface area (TPSA) is 64.7 Å². The van der Waals surface area contributed by atoms with Crippen molar-refractivity contribution in [1.82, 2.24) is 20.4 Å². The van der Waals surface area contributed by atoms with Crippen molar-refractivity contribution < 1.29 is 9.59 Å². The van der Waals surface area contributed by atoms with Crippen LogP contribution in [-0.4, -0.2) is 67.6 Å². The number of hydrogen-bond donors (Lipinski definition) is 2. The summed E-state index contributed by atoms with van der Waals surface area (Å²) in [6.07, 6.45) is 4.83. The summed E-state index contributed by atoms with van der Waals surface area (Å²) in [4.78, 5) is 28.7. The van der Waals surface area contributed by atoms with Gasteiger partial charge in [0.1, 0.15) is 0 Å². The molecular weight excluding hydrogens is 340 g/mol. The predicted molar refractivity (Wildman–Crippen MR) is 103 cm³/mol. The van der Waals surface area contributed by atoms with E-state index in [2.05, 4.69) is 24.5 Å². The molecule has 2 rings (SSSR count). The zero-order chi connectivity index (χ0) is 17.5. The summed E-state index contributed by atoms with van der Waals surface area (Å²) in [5.74, 6) is 1.01. The van der Waals surface area contributed by atoms with E-state index in [1.807, 2.05) is 16.8 Å². The molecule has 2 saturated heterocycles. The Kier molecular flexibility index (Phi) is 9.57. The van der Waals surface area contributed by atoms with Crippen LogP contribution in [0.3, 0.4) is 0 Å². The number of piperidine rings is 2. The molecule has 0 aromatic rings. The van der Waals surface area contributed by atoms with Crippen LogP contribution >= 0.6 is 12.4 Å². The highest BCUT2D eigenvalue weighted by atomic mass is 35.5. The summed E-state index contributed by atoms with van der Waals surface area (Å²) in [7, 11) is 1.97. The van der Waals surface area contributed by atoms with Crippen LogP contribution in [0.4, 0.5) is 4.79 Å². The maximum absolute atomic E-state index is 12.6. The lowest BCUT2D eigenvalue weighted by Gasteiger charge is -2.36. The van der Waals surface area contributed by atoms with Crippen LogP contribution < -0.4 is 10.6 Å². The number of nitrogens with one attached hydrogen (secondary N) is 2. The summed E-state index contributed by atoms with van der Waals surface area (Å²) in [6.45, 7) is 8.10.